The van der Waals surface area contributed by atoms with Gasteiger partial charge in [-0.25, -0.2) is 0 Å². The minimum Gasteiger partial charge on any atom is -0.344 e. The van der Waals surface area contributed by atoms with Crippen molar-refractivity contribution in [3.8, 4) is 0 Å². The van der Waals surface area contributed by atoms with Crippen LogP contribution in [0.3, 0.4) is 0 Å². The molecule has 0 aromatic rings. The van der Waals surface area contributed by atoms with Crippen LogP contribution in [-0.2, 0) is 4.79 Å². The molecule has 0 saturated carbocycles. The second-order valence-electron chi connectivity index (χ2n) is 2.79. The van der Waals surface area contributed by atoms with Crippen molar-refractivity contribution >= 4 is 23.6 Å². The van der Waals surface area contributed by atoms with Gasteiger partial charge in [-0.1, -0.05) is 0 Å². The van der Waals surface area contributed by atoms with E-state index >= 15 is 0 Å². The molecular weight excluding hydrogens is 186 g/mol. The average Bonchev–Trinajstić information content (AvgIpc) is 2.44. The highest BCUT2D eigenvalue weighted by Gasteiger charge is 2.26. The molecule has 4 nitrogen and oxygen atoms in total. The van der Waals surface area contributed by atoms with Gasteiger partial charge in [0.2, 0.25) is 5.91 Å². The molecule has 1 fully saturated rings. The van der Waals surface area contributed by atoms with Crippen molar-refractivity contribution in [1.82, 2.24) is 10.6 Å². The monoisotopic (exact) mass is 201 g/mol. The summed E-state index contributed by atoms with van der Waals surface area (Å²) < 4.78 is 0. The van der Waals surface area contributed by atoms with E-state index in [0.717, 1.165) is 12.2 Å². The van der Waals surface area contributed by atoms with Crippen molar-refractivity contribution in [3.63, 3.8) is 0 Å². The first-order chi connectivity index (χ1) is 6.27. The Labute approximate surface area is 82.6 Å². The number of guanidine groups is 1. The SMILES string of the molecule is CCN=C1NC(=O)C(CCSC)N1. The standard InChI is InChI=1S/C8H15N3OS/c1-3-9-8-10-6(4-5-13-2)7(12)11-8/h6H,3-5H2,1-2H3,(H2,9,10,11,12). The van der Waals surface area contributed by atoms with Crippen LogP contribution < -0.4 is 10.6 Å². The topological polar surface area (TPSA) is 53.5 Å². The lowest BCUT2D eigenvalue weighted by Crippen LogP contribution is -2.29. The number of thioether (sulfide) groups is 1. The Kier molecular flexibility index (Phi) is 4.08. The van der Waals surface area contributed by atoms with Crippen molar-refractivity contribution in [2.75, 3.05) is 18.6 Å². The molecule has 0 aromatic heterocycles. The summed E-state index contributed by atoms with van der Waals surface area (Å²) >= 11 is 1.75. The van der Waals surface area contributed by atoms with Gasteiger partial charge in [-0.2, -0.15) is 11.8 Å². The first-order valence-corrected chi connectivity index (χ1v) is 5.78. The fraction of sp³-hybridized carbons (Fsp3) is 0.750. The molecule has 1 heterocycles. The summed E-state index contributed by atoms with van der Waals surface area (Å²) in [4.78, 5) is 15.4. The molecule has 1 atom stereocenters. The molecule has 0 spiro atoms. The van der Waals surface area contributed by atoms with Gasteiger partial charge in [0.25, 0.3) is 0 Å². The number of carbonyl (C=O) groups is 1. The Balaban J connectivity index is 2.42. The van der Waals surface area contributed by atoms with Gasteiger partial charge in [-0.3, -0.25) is 15.1 Å². The average molecular weight is 201 g/mol. The summed E-state index contributed by atoms with van der Waals surface area (Å²) in [5.74, 6) is 1.66. The van der Waals surface area contributed by atoms with Gasteiger partial charge >= 0.3 is 0 Å². The van der Waals surface area contributed by atoms with E-state index in [9.17, 15) is 4.79 Å². The molecule has 1 unspecified atom stereocenters. The molecule has 1 saturated heterocycles. The Morgan fingerprint density at radius 1 is 1.62 bits per heavy atom. The molecule has 0 aromatic carbocycles. The van der Waals surface area contributed by atoms with Crippen LogP contribution >= 0.6 is 11.8 Å². The number of aliphatic imine (C=N–C) groups is 1. The van der Waals surface area contributed by atoms with Crippen LogP contribution in [0.5, 0.6) is 0 Å². The van der Waals surface area contributed by atoms with Gasteiger partial charge < -0.3 is 5.32 Å². The molecule has 13 heavy (non-hydrogen) atoms. The minimum absolute atomic E-state index is 0.0428. The first kappa shape index (κ1) is 10.4. The van der Waals surface area contributed by atoms with Crippen LogP contribution in [0, 0.1) is 0 Å². The molecular formula is C8H15N3OS. The predicted octanol–water partition coefficient (Wildman–Crippen LogP) is 0.203. The predicted molar refractivity (Wildman–Crippen MR) is 56.0 cm³/mol. The lowest BCUT2D eigenvalue weighted by atomic mass is 10.2. The highest BCUT2D eigenvalue weighted by Crippen LogP contribution is 2.04. The molecule has 74 valence electrons. The van der Waals surface area contributed by atoms with E-state index in [1.165, 1.54) is 0 Å². The van der Waals surface area contributed by atoms with Gasteiger partial charge in [0.05, 0.1) is 0 Å². The van der Waals surface area contributed by atoms with Crippen LogP contribution in [-0.4, -0.2) is 36.5 Å². The zero-order valence-corrected chi connectivity index (χ0v) is 8.78. The molecule has 1 rings (SSSR count). The summed E-state index contributed by atoms with van der Waals surface area (Å²) in [7, 11) is 0. The summed E-state index contributed by atoms with van der Waals surface area (Å²) in [5, 5.41) is 5.76. The van der Waals surface area contributed by atoms with Crippen molar-refractivity contribution in [1.29, 1.82) is 0 Å². The van der Waals surface area contributed by atoms with Gasteiger partial charge in [0, 0.05) is 6.54 Å². The van der Waals surface area contributed by atoms with E-state index in [4.69, 9.17) is 0 Å². The third kappa shape index (κ3) is 2.91. The fourth-order valence-corrected chi connectivity index (χ4v) is 1.62. The normalized spacial score (nSPS) is 24.6. The first-order valence-electron chi connectivity index (χ1n) is 4.38. The van der Waals surface area contributed by atoms with Gasteiger partial charge in [-0.15, -0.1) is 0 Å². The molecule has 1 aliphatic heterocycles. The number of amides is 1. The van der Waals surface area contributed by atoms with Crippen molar-refractivity contribution < 1.29 is 4.79 Å². The molecule has 0 bridgehead atoms. The number of carbonyl (C=O) groups excluding carboxylic acids is 1. The highest BCUT2D eigenvalue weighted by atomic mass is 32.2. The summed E-state index contributed by atoms with van der Waals surface area (Å²) in [6.07, 6.45) is 2.89. The van der Waals surface area contributed by atoms with E-state index in [1.54, 1.807) is 11.8 Å². The molecule has 0 radical (unpaired) electrons. The van der Waals surface area contributed by atoms with E-state index in [2.05, 4.69) is 15.6 Å². The second kappa shape index (κ2) is 5.11. The zero-order chi connectivity index (χ0) is 9.68. The smallest absolute Gasteiger partial charge is 0.249 e. The third-order valence-electron chi connectivity index (χ3n) is 1.80. The Morgan fingerprint density at radius 3 is 3.00 bits per heavy atom. The van der Waals surface area contributed by atoms with Crippen molar-refractivity contribution in [2.24, 2.45) is 4.99 Å². The number of hydrogen-bond acceptors (Lipinski definition) is 3. The molecule has 2 N–H and O–H groups in total. The zero-order valence-electron chi connectivity index (χ0n) is 7.96. The van der Waals surface area contributed by atoms with E-state index in [1.807, 2.05) is 13.2 Å². The van der Waals surface area contributed by atoms with Gasteiger partial charge in [-0.05, 0) is 25.4 Å². The van der Waals surface area contributed by atoms with Crippen molar-refractivity contribution in [3.05, 3.63) is 0 Å². The summed E-state index contributed by atoms with van der Waals surface area (Å²) in [5.41, 5.74) is 0. The number of rotatable bonds is 4. The van der Waals surface area contributed by atoms with Crippen molar-refractivity contribution in [2.45, 2.75) is 19.4 Å². The second-order valence-corrected chi connectivity index (χ2v) is 3.78. The Morgan fingerprint density at radius 2 is 2.38 bits per heavy atom. The summed E-state index contributed by atoms with van der Waals surface area (Å²) in [6.45, 7) is 2.63. The lowest BCUT2D eigenvalue weighted by molar-refractivity contribution is -0.120. The molecule has 1 aliphatic rings. The fourth-order valence-electron chi connectivity index (χ4n) is 1.15. The third-order valence-corrected chi connectivity index (χ3v) is 2.44. The summed E-state index contributed by atoms with van der Waals surface area (Å²) in [6, 6.07) is -0.0854. The van der Waals surface area contributed by atoms with E-state index < -0.39 is 0 Å². The maximum atomic E-state index is 11.3. The maximum absolute atomic E-state index is 11.3. The van der Waals surface area contributed by atoms with Crippen LogP contribution in [0.1, 0.15) is 13.3 Å². The quantitative estimate of drug-likeness (QED) is 0.683. The van der Waals surface area contributed by atoms with Gasteiger partial charge in [0.1, 0.15) is 6.04 Å². The van der Waals surface area contributed by atoms with Crippen LogP contribution in [0.2, 0.25) is 0 Å². The number of hydrogen-bond donors (Lipinski definition) is 2. The van der Waals surface area contributed by atoms with Gasteiger partial charge in [0.15, 0.2) is 5.96 Å². The number of nitrogens with zero attached hydrogens (tertiary/aromatic N) is 1. The highest BCUT2D eigenvalue weighted by molar-refractivity contribution is 7.98. The lowest BCUT2D eigenvalue weighted by Gasteiger charge is -2.04. The Bertz CT molecular complexity index is 217. The largest absolute Gasteiger partial charge is 0.344 e. The maximum Gasteiger partial charge on any atom is 0.249 e. The van der Waals surface area contributed by atoms with Crippen LogP contribution in [0.15, 0.2) is 4.99 Å². The number of nitrogens with one attached hydrogen (secondary N) is 2. The van der Waals surface area contributed by atoms with E-state index in [0.29, 0.717) is 12.5 Å². The van der Waals surface area contributed by atoms with Crippen LogP contribution in [0.25, 0.3) is 0 Å². The molecule has 0 aliphatic carbocycles. The molecule has 5 heteroatoms. The minimum atomic E-state index is -0.0854. The molecule has 1 amide bonds. The van der Waals surface area contributed by atoms with E-state index in [-0.39, 0.29) is 11.9 Å². The Hall–Kier alpha value is -0.710. The van der Waals surface area contributed by atoms with Crippen LogP contribution in [0.4, 0.5) is 0 Å².